The van der Waals surface area contributed by atoms with E-state index >= 15 is 9.59 Å². The largest absolute Gasteiger partial charge is 0.461 e. The van der Waals surface area contributed by atoms with E-state index in [0.717, 1.165) is 32.8 Å². The first kappa shape index (κ1) is 44.1. The second-order valence-corrected chi connectivity index (χ2v) is 17.0. The number of Topliss-reactive ketones (excluding diaryl/α,β-unsaturated/α-hetero) is 2. The molecule has 7 rings (SSSR count). The molecule has 1 heterocycles. The number of hydrogen-bond acceptors (Lipinski definition) is 10. The number of rotatable bonds is 15. The number of hydrogen-bond donors (Lipinski definition) is 5. The third-order valence-corrected chi connectivity index (χ3v) is 11.4. The lowest BCUT2D eigenvalue weighted by Gasteiger charge is -2.31. The van der Waals surface area contributed by atoms with Crippen LogP contribution in [0.4, 0.5) is 4.79 Å². The number of aromatic amines is 1. The van der Waals surface area contributed by atoms with Gasteiger partial charge in [0, 0.05) is 29.4 Å². The zero-order valence-electron chi connectivity index (χ0n) is 35.4. The predicted molar refractivity (Wildman–Crippen MR) is 238 cm³/mol. The minimum Gasteiger partial charge on any atom is -0.461 e. The molecule has 0 aliphatic heterocycles. The highest BCUT2D eigenvalue weighted by molar-refractivity contribution is 6.19. The Kier molecular flexibility index (Phi) is 13.0. The first-order valence-electron chi connectivity index (χ1n) is 20.9. The van der Waals surface area contributed by atoms with E-state index in [-0.39, 0.29) is 25.0 Å². The molecule has 324 valence electrons. The molecule has 0 spiro atoms. The van der Waals surface area contributed by atoms with Crippen molar-refractivity contribution in [3.8, 4) is 0 Å². The summed E-state index contributed by atoms with van der Waals surface area (Å²) in [5, 5.41) is 7.80. The quantitative estimate of drug-likeness (QED) is 0.0601. The number of nitrogens with one attached hydrogen (secondary N) is 3. The lowest BCUT2D eigenvalue weighted by Crippen LogP contribution is -2.59. The van der Waals surface area contributed by atoms with Crippen LogP contribution in [0.2, 0.25) is 0 Å². The number of ketones is 2. The third-order valence-electron chi connectivity index (χ3n) is 11.4. The number of H-pyrrole nitrogens is 1. The molecule has 13 nitrogen and oxygen atoms in total. The van der Waals surface area contributed by atoms with Crippen LogP contribution >= 0.6 is 0 Å². The van der Waals surface area contributed by atoms with Crippen molar-refractivity contribution in [3.05, 3.63) is 155 Å². The van der Waals surface area contributed by atoms with E-state index in [4.69, 9.17) is 20.9 Å². The summed E-state index contributed by atoms with van der Waals surface area (Å²) in [6, 6.07) is 32.4. The van der Waals surface area contributed by atoms with Gasteiger partial charge in [0.15, 0.2) is 11.6 Å². The molecule has 5 aromatic carbocycles. The molecule has 63 heavy (non-hydrogen) atoms. The van der Waals surface area contributed by atoms with Crippen LogP contribution in [0.5, 0.6) is 0 Å². The van der Waals surface area contributed by atoms with Gasteiger partial charge in [0.05, 0.1) is 18.5 Å². The number of carbonyl (C=O) groups excluding carboxylic acids is 6. The van der Waals surface area contributed by atoms with Gasteiger partial charge in [0.25, 0.3) is 0 Å². The number of nitrogens with two attached hydrogens (primary N) is 2. The normalized spacial score (nSPS) is 17.3. The van der Waals surface area contributed by atoms with Crippen molar-refractivity contribution in [2.75, 3.05) is 0 Å². The van der Waals surface area contributed by atoms with Crippen LogP contribution in [0.25, 0.3) is 21.7 Å². The van der Waals surface area contributed by atoms with Gasteiger partial charge in [-0.05, 0) is 78.3 Å². The van der Waals surface area contributed by atoms with Gasteiger partial charge in [-0.1, -0.05) is 115 Å². The second kappa shape index (κ2) is 18.6. The number of benzene rings is 5. The number of aromatic nitrogens is 1. The summed E-state index contributed by atoms with van der Waals surface area (Å²) in [6.07, 6.45) is -0.0884. The van der Waals surface area contributed by atoms with Crippen LogP contribution in [-0.4, -0.2) is 64.2 Å². The van der Waals surface area contributed by atoms with Crippen molar-refractivity contribution in [1.82, 2.24) is 15.6 Å². The molecule has 0 radical (unpaired) electrons. The molecule has 0 fully saturated rings. The van der Waals surface area contributed by atoms with Crippen LogP contribution < -0.4 is 22.1 Å². The Morgan fingerprint density at radius 1 is 0.778 bits per heavy atom. The molecule has 6 aromatic rings. The molecule has 1 aromatic heterocycles. The Balaban J connectivity index is 1.21. The molecule has 2 unspecified atom stereocenters. The second-order valence-electron chi connectivity index (χ2n) is 17.0. The monoisotopic (exact) mass is 849 g/mol. The van der Waals surface area contributed by atoms with Crippen molar-refractivity contribution in [1.29, 1.82) is 0 Å². The molecular weight excluding hydrogens is 799 g/mol. The number of amides is 3. The molecule has 1 aliphatic carbocycles. The number of para-hydroxylation sites is 1. The molecule has 13 heteroatoms. The Bertz CT molecular complexity index is 2690. The number of esters is 1. The number of alkyl carbamates (subject to hydrolysis) is 1. The van der Waals surface area contributed by atoms with Gasteiger partial charge in [-0.3, -0.25) is 29.3 Å². The van der Waals surface area contributed by atoms with E-state index in [2.05, 4.69) is 15.6 Å². The highest BCUT2D eigenvalue weighted by Crippen LogP contribution is 2.48. The smallest absolute Gasteiger partial charge is 0.408 e. The van der Waals surface area contributed by atoms with Gasteiger partial charge < -0.3 is 31.2 Å². The highest BCUT2D eigenvalue weighted by Gasteiger charge is 2.58. The molecule has 0 bridgehead atoms. The van der Waals surface area contributed by atoms with Gasteiger partial charge in [-0.2, -0.15) is 0 Å². The Morgan fingerprint density at radius 2 is 1.46 bits per heavy atom. The summed E-state index contributed by atoms with van der Waals surface area (Å²) in [6.45, 7) is 5.01. The third kappa shape index (κ3) is 9.90. The number of fused-ring (bicyclic) bond motifs is 3. The number of carbonyl (C=O) groups is 6. The summed E-state index contributed by atoms with van der Waals surface area (Å²) in [5.41, 5.74) is 13.6. The molecule has 3 amide bonds. The first-order valence-corrected chi connectivity index (χ1v) is 20.9. The van der Waals surface area contributed by atoms with E-state index < -0.39 is 83.3 Å². The minimum absolute atomic E-state index is 0.0160. The Hall–Kier alpha value is -6.96. The molecule has 1 aliphatic rings. The van der Waals surface area contributed by atoms with Crippen molar-refractivity contribution < 1.29 is 38.2 Å². The summed E-state index contributed by atoms with van der Waals surface area (Å²) < 4.78 is 10.9. The van der Waals surface area contributed by atoms with E-state index in [1.807, 2.05) is 84.9 Å². The topological polar surface area (TPSA) is 213 Å². The van der Waals surface area contributed by atoms with Crippen molar-refractivity contribution in [2.24, 2.45) is 11.5 Å². The summed E-state index contributed by atoms with van der Waals surface area (Å²) >= 11 is 0. The molecule has 7 N–H and O–H groups in total. The summed E-state index contributed by atoms with van der Waals surface area (Å²) in [7, 11) is 0. The standard InChI is InChI=1S/C50H51N5O8/c1-49(2,3)63-48(61)54-42(25-34-28-53-41-20-12-10-17-35(34)41)46(59)55-47(60)50(45(58)40(52)24-31-21-22-32-15-7-8-16-33(32)23-31)27-37(36-18-9-11-19-38(36)50)44(57)39(51)26-43(56)62-29-30-13-5-4-6-14-30/h4-23,28,37,39-40,42,53H,24-27,29,51-52H2,1-3H3,(H,54,61)(H,55,59,60)/t37?,39-,40-,42-,50?/m0/s1. The van der Waals surface area contributed by atoms with Gasteiger partial charge in [-0.15, -0.1) is 0 Å². The average molecular weight is 850 g/mol. The van der Waals surface area contributed by atoms with E-state index in [1.165, 1.54) is 0 Å². The van der Waals surface area contributed by atoms with Gasteiger partial charge >= 0.3 is 12.1 Å². The first-order chi connectivity index (χ1) is 30.1. The van der Waals surface area contributed by atoms with Crippen molar-refractivity contribution in [3.63, 3.8) is 0 Å². The Morgan fingerprint density at radius 3 is 2.22 bits per heavy atom. The van der Waals surface area contributed by atoms with E-state index in [9.17, 15) is 19.2 Å². The lowest BCUT2D eigenvalue weighted by atomic mass is 9.72. The van der Waals surface area contributed by atoms with Gasteiger partial charge in [0.1, 0.15) is 23.7 Å². The van der Waals surface area contributed by atoms with Gasteiger partial charge in [0.2, 0.25) is 11.8 Å². The SMILES string of the molecule is CC(C)(C)OC(=O)N[C@@H](Cc1c[nH]c2ccccc12)C(=O)NC(=O)C1(C(=O)[C@@H](N)Cc2ccc3ccccc3c2)CC(C(=O)[C@@H](N)CC(=O)OCc2ccccc2)c2ccccc21. The fraction of sp³-hybridized carbons (Fsp3) is 0.280. The van der Waals surface area contributed by atoms with Crippen LogP contribution in [0.15, 0.2) is 128 Å². The summed E-state index contributed by atoms with van der Waals surface area (Å²) in [5.74, 6) is -5.12. The average Bonchev–Trinajstić information content (AvgIpc) is 3.84. The van der Waals surface area contributed by atoms with Crippen LogP contribution in [0, 0.1) is 0 Å². The maximum absolute atomic E-state index is 15.2. The fourth-order valence-corrected chi connectivity index (χ4v) is 8.38. The highest BCUT2D eigenvalue weighted by atomic mass is 16.6. The van der Waals surface area contributed by atoms with Crippen molar-refractivity contribution in [2.45, 2.75) is 88.1 Å². The molecule has 5 atom stereocenters. The fourth-order valence-electron chi connectivity index (χ4n) is 8.38. The number of ether oxygens (including phenoxy) is 2. The molecule has 0 saturated carbocycles. The maximum atomic E-state index is 15.2. The zero-order valence-corrected chi connectivity index (χ0v) is 35.4. The predicted octanol–water partition coefficient (Wildman–Crippen LogP) is 5.99. The van der Waals surface area contributed by atoms with E-state index in [1.54, 1.807) is 63.4 Å². The van der Waals surface area contributed by atoms with Gasteiger partial charge in [-0.25, -0.2) is 4.79 Å². The van der Waals surface area contributed by atoms with E-state index in [0.29, 0.717) is 11.1 Å². The number of imide groups is 1. The zero-order chi connectivity index (χ0) is 44.9. The minimum atomic E-state index is -2.17. The molecule has 0 saturated heterocycles. The Labute approximate surface area is 364 Å². The van der Waals surface area contributed by atoms with Crippen molar-refractivity contribution >= 4 is 57.1 Å². The summed E-state index contributed by atoms with van der Waals surface area (Å²) in [4.78, 5) is 88.4. The van der Waals surface area contributed by atoms with Crippen LogP contribution in [0.1, 0.15) is 67.3 Å². The van der Waals surface area contributed by atoms with Crippen LogP contribution in [0.3, 0.4) is 0 Å². The maximum Gasteiger partial charge on any atom is 0.408 e. The van der Waals surface area contributed by atoms with Crippen LogP contribution in [-0.2, 0) is 58.3 Å². The molecular formula is C50H51N5O8. The lowest BCUT2D eigenvalue weighted by molar-refractivity contribution is -0.147.